The zero-order valence-electron chi connectivity index (χ0n) is 10.9. The molecule has 0 aliphatic rings. The maximum absolute atomic E-state index is 9.02. The monoisotopic (exact) mass is 264 g/mol. The lowest BCUT2D eigenvalue weighted by molar-refractivity contribution is 0.415. The van der Waals surface area contributed by atoms with Crippen LogP contribution in [0.15, 0.2) is 42.7 Å². The summed E-state index contributed by atoms with van der Waals surface area (Å²) in [4.78, 5) is 4.30. The summed E-state index contributed by atoms with van der Waals surface area (Å²) in [6, 6.07) is 11.6. The van der Waals surface area contributed by atoms with Crippen LogP contribution >= 0.6 is 0 Å². The summed E-state index contributed by atoms with van der Waals surface area (Å²) < 4.78 is 6.85. The van der Waals surface area contributed by atoms with E-state index in [-0.39, 0.29) is 6.42 Å². The summed E-state index contributed by atoms with van der Waals surface area (Å²) in [5.41, 5.74) is 3.30. The van der Waals surface area contributed by atoms with Crippen molar-refractivity contribution in [2.45, 2.75) is 6.42 Å². The maximum atomic E-state index is 9.02. The lowest BCUT2D eigenvalue weighted by Crippen LogP contribution is -1.88. The summed E-state index contributed by atoms with van der Waals surface area (Å²) in [6.07, 6.45) is 3.81. The van der Waals surface area contributed by atoms with Crippen LogP contribution in [0.4, 0.5) is 0 Å². The minimum Gasteiger partial charge on any atom is -0.497 e. The van der Waals surface area contributed by atoms with E-state index in [0.717, 1.165) is 28.2 Å². The molecule has 0 aliphatic carbocycles. The Kier molecular flexibility index (Phi) is 3.05. The number of aromatic nitrogens is 3. The molecule has 2 heterocycles. The number of hydrogen-bond acceptors (Lipinski definition) is 4. The van der Waals surface area contributed by atoms with E-state index in [1.54, 1.807) is 17.8 Å². The summed E-state index contributed by atoms with van der Waals surface area (Å²) in [7, 11) is 1.63. The number of rotatable bonds is 3. The van der Waals surface area contributed by atoms with Gasteiger partial charge in [0.1, 0.15) is 5.75 Å². The van der Waals surface area contributed by atoms with E-state index >= 15 is 0 Å². The molecule has 0 saturated heterocycles. The Bertz CT molecular complexity index is 784. The molecule has 0 unspecified atom stereocenters. The van der Waals surface area contributed by atoms with Gasteiger partial charge in [-0.3, -0.25) is 0 Å². The molecule has 0 fully saturated rings. The molecule has 98 valence electrons. The van der Waals surface area contributed by atoms with Gasteiger partial charge in [-0.25, -0.2) is 9.50 Å². The first-order valence-electron chi connectivity index (χ1n) is 6.17. The Hall–Kier alpha value is -2.87. The van der Waals surface area contributed by atoms with Crippen molar-refractivity contribution in [3.63, 3.8) is 0 Å². The minimum atomic E-state index is 0.280. The van der Waals surface area contributed by atoms with Gasteiger partial charge >= 0.3 is 0 Å². The van der Waals surface area contributed by atoms with Gasteiger partial charge in [0, 0.05) is 23.5 Å². The van der Waals surface area contributed by atoms with E-state index < -0.39 is 0 Å². The van der Waals surface area contributed by atoms with Gasteiger partial charge in [-0.2, -0.15) is 10.4 Å². The third-order valence-corrected chi connectivity index (χ3v) is 3.11. The second-order valence-electron chi connectivity index (χ2n) is 4.28. The summed E-state index contributed by atoms with van der Waals surface area (Å²) in [5.74, 6) is 0.789. The third-order valence-electron chi connectivity index (χ3n) is 3.11. The molecule has 20 heavy (non-hydrogen) atoms. The van der Waals surface area contributed by atoms with Crippen molar-refractivity contribution < 1.29 is 4.74 Å². The molecule has 0 amide bonds. The highest BCUT2D eigenvalue weighted by Crippen LogP contribution is 2.27. The van der Waals surface area contributed by atoms with Gasteiger partial charge in [0.15, 0.2) is 5.65 Å². The van der Waals surface area contributed by atoms with Gasteiger partial charge in [0.25, 0.3) is 0 Å². The molecular weight excluding hydrogens is 252 g/mol. The molecule has 0 bridgehead atoms. The largest absolute Gasteiger partial charge is 0.497 e. The van der Waals surface area contributed by atoms with Crippen molar-refractivity contribution in [1.29, 1.82) is 5.26 Å². The Morgan fingerprint density at radius 1 is 1.30 bits per heavy atom. The molecule has 0 spiro atoms. The normalized spacial score (nSPS) is 10.4. The second kappa shape index (κ2) is 5.02. The quantitative estimate of drug-likeness (QED) is 0.729. The topological polar surface area (TPSA) is 63.2 Å². The standard InChI is InChI=1S/C15H12N4O/c1-20-12-5-3-11(4-6-12)14-13(7-8-16)15-17-9-2-10-19(15)18-14/h2-6,9-10H,7H2,1H3. The summed E-state index contributed by atoms with van der Waals surface area (Å²) in [5, 5.41) is 13.5. The Morgan fingerprint density at radius 2 is 2.10 bits per heavy atom. The fourth-order valence-electron chi connectivity index (χ4n) is 2.16. The van der Waals surface area contributed by atoms with Crippen LogP contribution < -0.4 is 4.74 Å². The van der Waals surface area contributed by atoms with Crippen LogP contribution in [0.25, 0.3) is 16.9 Å². The highest BCUT2D eigenvalue weighted by molar-refractivity contribution is 5.71. The van der Waals surface area contributed by atoms with Crippen molar-refractivity contribution in [2.75, 3.05) is 7.11 Å². The van der Waals surface area contributed by atoms with Crippen molar-refractivity contribution in [1.82, 2.24) is 14.6 Å². The van der Waals surface area contributed by atoms with E-state index in [0.29, 0.717) is 0 Å². The fourth-order valence-corrected chi connectivity index (χ4v) is 2.16. The molecule has 2 aromatic heterocycles. The van der Waals surface area contributed by atoms with Crippen molar-refractivity contribution in [3.8, 4) is 23.1 Å². The molecule has 0 radical (unpaired) electrons. The molecule has 1 aromatic carbocycles. The van der Waals surface area contributed by atoms with Gasteiger partial charge in [-0.05, 0) is 30.3 Å². The van der Waals surface area contributed by atoms with Crippen molar-refractivity contribution in [3.05, 3.63) is 48.3 Å². The molecule has 3 aromatic rings. The molecule has 0 aliphatic heterocycles. The number of hydrogen-bond donors (Lipinski definition) is 0. The van der Waals surface area contributed by atoms with Crippen LogP contribution in [0.3, 0.4) is 0 Å². The highest BCUT2D eigenvalue weighted by Gasteiger charge is 2.14. The average Bonchev–Trinajstić information content (AvgIpc) is 2.87. The lowest BCUT2D eigenvalue weighted by atomic mass is 10.1. The lowest BCUT2D eigenvalue weighted by Gasteiger charge is -2.02. The first-order valence-corrected chi connectivity index (χ1v) is 6.17. The minimum absolute atomic E-state index is 0.280. The van der Waals surface area contributed by atoms with Gasteiger partial charge < -0.3 is 4.74 Å². The predicted molar refractivity (Wildman–Crippen MR) is 74.3 cm³/mol. The van der Waals surface area contributed by atoms with Gasteiger partial charge in [0.05, 0.1) is 25.3 Å². The first-order chi connectivity index (χ1) is 9.83. The molecule has 5 nitrogen and oxygen atoms in total. The number of fused-ring (bicyclic) bond motifs is 1. The van der Waals surface area contributed by atoms with Gasteiger partial charge in [0.2, 0.25) is 0 Å². The Labute approximate surface area is 116 Å². The highest BCUT2D eigenvalue weighted by atomic mass is 16.5. The molecule has 3 rings (SSSR count). The number of methoxy groups -OCH3 is 1. The zero-order chi connectivity index (χ0) is 13.9. The summed E-state index contributed by atoms with van der Waals surface area (Å²) >= 11 is 0. The number of nitrogens with zero attached hydrogens (tertiary/aromatic N) is 4. The average molecular weight is 264 g/mol. The molecular formula is C15H12N4O. The smallest absolute Gasteiger partial charge is 0.159 e. The van der Waals surface area contributed by atoms with E-state index in [4.69, 9.17) is 10.00 Å². The van der Waals surface area contributed by atoms with Crippen molar-refractivity contribution >= 4 is 5.65 Å². The molecule has 5 heteroatoms. The molecule has 0 atom stereocenters. The van der Waals surface area contributed by atoms with Crippen LogP contribution in [-0.4, -0.2) is 21.7 Å². The second-order valence-corrected chi connectivity index (χ2v) is 4.28. The van der Waals surface area contributed by atoms with E-state index in [1.807, 2.05) is 36.5 Å². The van der Waals surface area contributed by atoms with Crippen LogP contribution in [0.5, 0.6) is 5.75 Å². The molecule has 0 saturated carbocycles. The van der Waals surface area contributed by atoms with E-state index in [2.05, 4.69) is 16.2 Å². The molecule has 0 N–H and O–H groups in total. The van der Waals surface area contributed by atoms with Crippen LogP contribution in [0, 0.1) is 11.3 Å². The third kappa shape index (κ3) is 1.97. The fraction of sp³-hybridized carbons (Fsp3) is 0.133. The Morgan fingerprint density at radius 3 is 2.80 bits per heavy atom. The number of benzene rings is 1. The SMILES string of the molecule is COc1ccc(-c2nn3cccnc3c2CC#N)cc1. The van der Waals surface area contributed by atoms with Crippen LogP contribution in [0.2, 0.25) is 0 Å². The van der Waals surface area contributed by atoms with Crippen LogP contribution in [-0.2, 0) is 6.42 Å². The van der Waals surface area contributed by atoms with Crippen LogP contribution in [0.1, 0.15) is 5.56 Å². The summed E-state index contributed by atoms with van der Waals surface area (Å²) in [6.45, 7) is 0. The predicted octanol–water partition coefficient (Wildman–Crippen LogP) is 2.47. The van der Waals surface area contributed by atoms with Gasteiger partial charge in [-0.1, -0.05) is 0 Å². The number of nitriles is 1. The zero-order valence-corrected chi connectivity index (χ0v) is 10.9. The number of ether oxygens (including phenoxy) is 1. The van der Waals surface area contributed by atoms with Crippen molar-refractivity contribution in [2.24, 2.45) is 0 Å². The van der Waals surface area contributed by atoms with E-state index in [9.17, 15) is 0 Å². The first kappa shape index (κ1) is 12.2. The Balaban J connectivity index is 2.18. The van der Waals surface area contributed by atoms with E-state index in [1.165, 1.54) is 0 Å². The maximum Gasteiger partial charge on any atom is 0.159 e. The van der Waals surface area contributed by atoms with Gasteiger partial charge in [-0.15, -0.1) is 0 Å².